The Kier molecular flexibility index (Phi) is 5.84. The maximum atomic E-state index is 13.4. The van der Waals surface area contributed by atoms with Crippen molar-refractivity contribution in [2.75, 3.05) is 23.3 Å². The van der Waals surface area contributed by atoms with Gasteiger partial charge in [-0.25, -0.2) is 15.0 Å². The average Bonchev–Trinajstić information content (AvgIpc) is 3.31. The van der Waals surface area contributed by atoms with E-state index in [4.69, 9.17) is 9.72 Å². The standard InChI is InChI=1S/C28H29N7O2/c1-16-14-35(15-17(2)37-16)19-9-10-22-23(13-19)33-27(32-22)24-25(31-18(3)26-29-11-6-12-30-26)20-7-4-5-8-21(20)34-28(24)36/h4-13,16-18H,14-15H2,1-3H3,(H,32,33)(H2,31,34,36)/t16-,17-,18-/m0/s1. The van der Waals surface area contributed by atoms with Crippen LogP contribution in [0.2, 0.25) is 0 Å². The lowest BCUT2D eigenvalue weighted by Crippen LogP contribution is -2.45. The molecule has 0 aliphatic carbocycles. The Morgan fingerprint density at radius 2 is 1.76 bits per heavy atom. The number of benzene rings is 2. The number of hydrogen-bond donors (Lipinski definition) is 3. The topological polar surface area (TPSA) is 112 Å². The van der Waals surface area contributed by atoms with Crippen molar-refractivity contribution < 1.29 is 4.74 Å². The lowest BCUT2D eigenvalue weighted by molar-refractivity contribution is -0.00521. The minimum Gasteiger partial charge on any atom is -0.374 e. The Morgan fingerprint density at radius 1 is 1.00 bits per heavy atom. The van der Waals surface area contributed by atoms with Crippen LogP contribution in [0.1, 0.15) is 32.6 Å². The van der Waals surface area contributed by atoms with Gasteiger partial charge in [0, 0.05) is 36.6 Å². The number of ether oxygens (including phenoxy) is 1. The maximum Gasteiger partial charge on any atom is 0.261 e. The van der Waals surface area contributed by atoms with E-state index in [1.807, 2.05) is 37.3 Å². The smallest absolute Gasteiger partial charge is 0.261 e. The molecule has 3 aromatic heterocycles. The maximum absolute atomic E-state index is 13.4. The minimum absolute atomic E-state index is 0.164. The molecule has 3 atom stereocenters. The molecule has 6 rings (SSSR count). The van der Waals surface area contributed by atoms with Crippen LogP contribution in [0, 0.1) is 0 Å². The molecule has 0 spiro atoms. The fourth-order valence-corrected chi connectivity index (χ4v) is 5.14. The number of pyridine rings is 1. The van der Waals surface area contributed by atoms with Gasteiger partial charge in [-0.2, -0.15) is 0 Å². The van der Waals surface area contributed by atoms with Crippen LogP contribution < -0.4 is 15.8 Å². The van der Waals surface area contributed by atoms with Crippen LogP contribution >= 0.6 is 0 Å². The lowest BCUT2D eigenvalue weighted by Gasteiger charge is -2.36. The van der Waals surface area contributed by atoms with Crippen LogP contribution in [0.5, 0.6) is 0 Å². The Labute approximate surface area is 213 Å². The number of fused-ring (bicyclic) bond motifs is 2. The van der Waals surface area contributed by atoms with Crippen LogP contribution in [0.4, 0.5) is 11.4 Å². The first-order chi connectivity index (χ1) is 18.0. The second kappa shape index (κ2) is 9.33. The van der Waals surface area contributed by atoms with Gasteiger partial charge in [0.15, 0.2) is 0 Å². The number of para-hydroxylation sites is 1. The first-order valence-corrected chi connectivity index (χ1v) is 12.6. The average molecular weight is 496 g/mol. The molecular formula is C28H29N7O2. The molecule has 3 N–H and O–H groups in total. The Hall–Kier alpha value is -4.24. The first kappa shape index (κ1) is 23.2. The highest BCUT2D eigenvalue weighted by Gasteiger charge is 2.24. The second-order valence-electron chi connectivity index (χ2n) is 9.67. The predicted octanol–water partition coefficient (Wildman–Crippen LogP) is 4.65. The summed E-state index contributed by atoms with van der Waals surface area (Å²) >= 11 is 0. The predicted molar refractivity (Wildman–Crippen MR) is 146 cm³/mol. The number of morpholine rings is 1. The molecule has 0 radical (unpaired) electrons. The third-order valence-electron chi connectivity index (χ3n) is 6.74. The molecule has 1 saturated heterocycles. The number of aromatic amines is 2. The van der Waals surface area contributed by atoms with Crippen molar-refractivity contribution in [2.24, 2.45) is 0 Å². The highest BCUT2D eigenvalue weighted by Crippen LogP contribution is 2.33. The highest BCUT2D eigenvalue weighted by atomic mass is 16.5. The summed E-state index contributed by atoms with van der Waals surface area (Å²) in [5.41, 5.74) is 4.43. The molecule has 1 aliphatic heterocycles. The fraction of sp³-hybridized carbons (Fsp3) is 0.286. The molecule has 0 unspecified atom stereocenters. The van der Waals surface area contributed by atoms with Crippen LogP contribution in [0.3, 0.4) is 0 Å². The third-order valence-corrected chi connectivity index (χ3v) is 6.74. The van der Waals surface area contributed by atoms with Crippen molar-refractivity contribution in [3.05, 3.63) is 77.1 Å². The van der Waals surface area contributed by atoms with Gasteiger partial charge < -0.3 is 24.9 Å². The number of nitrogens with one attached hydrogen (secondary N) is 3. The number of nitrogens with zero attached hydrogens (tertiary/aromatic N) is 4. The van der Waals surface area contributed by atoms with Gasteiger partial charge in [0.1, 0.15) is 17.2 Å². The number of hydrogen-bond acceptors (Lipinski definition) is 7. The van der Waals surface area contributed by atoms with Gasteiger partial charge in [0.25, 0.3) is 5.56 Å². The molecule has 1 aliphatic rings. The summed E-state index contributed by atoms with van der Waals surface area (Å²) in [6.07, 6.45) is 3.75. The van der Waals surface area contributed by atoms with Crippen LogP contribution in [-0.4, -0.2) is 50.2 Å². The first-order valence-electron chi connectivity index (χ1n) is 12.6. The van der Waals surface area contributed by atoms with E-state index in [-0.39, 0.29) is 23.8 Å². The largest absolute Gasteiger partial charge is 0.374 e. The third kappa shape index (κ3) is 4.42. The van der Waals surface area contributed by atoms with Crippen LogP contribution in [0.25, 0.3) is 33.3 Å². The van der Waals surface area contributed by atoms with Crippen molar-refractivity contribution >= 4 is 33.3 Å². The summed E-state index contributed by atoms with van der Waals surface area (Å²) < 4.78 is 5.90. The van der Waals surface area contributed by atoms with Crippen LogP contribution in [-0.2, 0) is 4.74 Å². The summed E-state index contributed by atoms with van der Waals surface area (Å²) in [7, 11) is 0. The molecule has 9 heteroatoms. The molecule has 9 nitrogen and oxygen atoms in total. The van der Waals surface area contributed by atoms with E-state index in [1.165, 1.54) is 0 Å². The molecule has 188 valence electrons. The van der Waals surface area contributed by atoms with Crippen molar-refractivity contribution in [2.45, 2.75) is 39.0 Å². The molecule has 37 heavy (non-hydrogen) atoms. The molecule has 5 aromatic rings. The second-order valence-corrected chi connectivity index (χ2v) is 9.67. The monoisotopic (exact) mass is 495 g/mol. The minimum atomic E-state index is -0.230. The van der Waals surface area contributed by atoms with Gasteiger partial charge in [0.05, 0.1) is 40.5 Å². The molecule has 4 heterocycles. The van der Waals surface area contributed by atoms with Gasteiger partial charge in [-0.1, -0.05) is 18.2 Å². The van der Waals surface area contributed by atoms with E-state index in [0.29, 0.717) is 22.9 Å². The number of H-pyrrole nitrogens is 2. The summed E-state index contributed by atoms with van der Waals surface area (Å²) in [4.78, 5) is 35.8. The zero-order chi connectivity index (χ0) is 25.5. The molecule has 1 fully saturated rings. The van der Waals surface area contributed by atoms with E-state index in [0.717, 1.165) is 40.7 Å². The fourth-order valence-electron chi connectivity index (χ4n) is 5.14. The van der Waals surface area contributed by atoms with E-state index < -0.39 is 0 Å². The van der Waals surface area contributed by atoms with E-state index in [9.17, 15) is 4.79 Å². The number of anilines is 2. The number of imidazole rings is 1. The lowest BCUT2D eigenvalue weighted by atomic mass is 10.1. The quantitative estimate of drug-likeness (QED) is 0.325. The zero-order valence-electron chi connectivity index (χ0n) is 21.0. The summed E-state index contributed by atoms with van der Waals surface area (Å²) in [5, 5.41) is 4.39. The van der Waals surface area contributed by atoms with Gasteiger partial charge in [0.2, 0.25) is 0 Å². The van der Waals surface area contributed by atoms with Gasteiger partial charge in [-0.05, 0) is 51.1 Å². The normalized spacial score (nSPS) is 18.8. The van der Waals surface area contributed by atoms with Gasteiger partial charge in [-0.15, -0.1) is 0 Å². The van der Waals surface area contributed by atoms with Gasteiger partial charge >= 0.3 is 0 Å². The Bertz CT molecular complexity index is 1620. The highest BCUT2D eigenvalue weighted by molar-refractivity contribution is 5.99. The molecule has 2 aromatic carbocycles. The van der Waals surface area contributed by atoms with Crippen molar-refractivity contribution in [1.29, 1.82) is 0 Å². The Morgan fingerprint density at radius 3 is 2.54 bits per heavy atom. The molecule has 0 saturated carbocycles. The van der Waals surface area contributed by atoms with E-state index in [1.54, 1.807) is 18.5 Å². The summed E-state index contributed by atoms with van der Waals surface area (Å²) in [6.45, 7) is 7.82. The van der Waals surface area contributed by atoms with Crippen LogP contribution in [0.15, 0.2) is 65.7 Å². The number of aromatic nitrogens is 5. The Balaban J connectivity index is 1.45. The van der Waals surface area contributed by atoms with E-state index in [2.05, 4.69) is 56.1 Å². The number of rotatable bonds is 5. The van der Waals surface area contributed by atoms with E-state index >= 15 is 0 Å². The van der Waals surface area contributed by atoms with Gasteiger partial charge in [-0.3, -0.25) is 4.79 Å². The molecule has 0 bridgehead atoms. The van der Waals surface area contributed by atoms with Crippen molar-refractivity contribution in [1.82, 2.24) is 24.9 Å². The SMILES string of the molecule is C[C@H](Nc1c(-c2nc3ccc(N4C[C@H](C)O[C@@H](C)C4)cc3[nH]2)c(=O)[nH]c2ccccc12)c1ncccn1. The molecular weight excluding hydrogens is 466 g/mol. The zero-order valence-corrected chi connectivity index (χ0v) is 21.0. The summed E-state index contributed by atoms with van der Waals surface area (Å²) in [5.74, 6) is 1.15. The molecule has 0 amide bonds. The summed E-state index contributed by atoms with van der Waals surface area (Å²) in [6, 6.07) is 15.5. The van der Waals surface area contributed by atoms with Crippen molar-refractivity contribution in [3.8, 4) is 11.4 Å². The van der Waals surface area contributed by atoms with Crippen molar-refractivity contribution in [3.63, 3.8) is 0 Å².